The van der Waals surface area contributed by atoms with Crippen LogP contribution in [0.1, 0.15) is 38.2 Å². The number of nitrogens with one attached hydrogen (secondary N) is 1. The maximum atomic E-state index is 13.0. The van der Waals surface area contributed by atoms with Gasteiger partial charge in [-0.25, -0.2) is 8.42 Å². The predicted octanol–water partition coefficient (Wildman–Crippen LogP) is 3.65. The second-order valence-electron chi connectivity index (χ2n) is 6.85. The first kappa shape index (κ1) is 22.9. The standard InChI is InChI=1S/C18H25F3N2O3S2/c1-13(17(24)22-10-11-27-16-8-3-4-9-16)23(28(2,25)26)15-7-5-6-14(12-15)18(19,20)21/h5-7,12-13,16H,3-4,8-11H2,1-2H3,(H,22,24). The SMILES string of the molecule is CC(C(=O)NCCSC1CCCC1)N(c1cccc(C(F)(F)F)c1)S(C)(=O)=O. The zero-order chi connectivity index (χ0) is 20.9. The van der Waals surface area contributed by atoms with E-state index in [9.17, 15) is 26.4 Å². The van der Waals surface area contributed by atoms with Gasteiger partial charge in [-0.2, -0.15) is 24.9 Å². The van der Waals surface area contributed by atoms with E-state index < -0.39 is 33.7 Å². The lowest BCUT2D eigenvalue weighted by atomic mass is 10.2. The van der Waals surface area contributed by atoms with E-state index in [0.717, 1.165) is 28.8 Å². The predicted molar refractivity (Wildman–Crippen MR) is 106 cm³/mol. The van der Waals surface area contributed by atoms with Crippen LogP contribution in [0.15, 0.2) is 24.3 Å². The molecule has 1 unspecified atom stereocenters. The molecular weight excluding hydrogens is 413 g/mol. The largest absolute Gasteiger partial charge is 0.416 e. The molecule has 0 bridgehead atoms. The maximum Gasteiger partial charge on any atom is 0.416 e. The number of hydrogen-bond acceptors (Lipinski definition) is 4. The van der Waals surface area contributed by atoms with Crippen molar-refractivity contribution in [2.24, 2.45) is 0 Å². The molecule has 1 aromatic carbocycles. The number of benzene rings is 1. The van der Waals surface area contributed by atoms with Crippen LogP contribution in [0.5, 0.6) is 0 Å². The molecule has 0 saturated heterocycles. The second-order valence-corrected chi connectivity index (χ2v) is 10.1. The molecule has 1 fully saturated rings. The van der Waals surface area contributed by atoms with Crippen molar-refractivity contribution < 1.29 is 26.4 Å². The van der Waals surface area contributed by atoms with E-state index in [-0.39, 0.29) is 5.69 Å². The summed E-state index contributed by atoms with van der Waals surface area (Å²) in [5.41, 5.74) is -1.17. The average molecular weight is 439 g/mol. The lowest BCUT2D eigenvalue weighted by Gasteiger charge is -2.28. The Morgan fingerprint density at radius 3 is 2.54 bits per heavy atom. The lowest BCUT2D eigenvalue weighted by Crippen LogP contribution is -2.48. The normalized spacial score (nSPS) is 16.8. The van der Waals surface area contributed by atoms with Crippen molar-refractivity contribution >= 4 is 33.4 Å². The van der Waals surface area contributed by atoms with E-state index in [2.05, 4.69) is 5.32 Å². The maximum absolute atomic E-state index is 13.0. The molecule has 10 heteroatoms. The van der Waals surface area contributed by atoms with Crippen LogP contribution < -0.4 is 9.62 Å². The van der Waals surface area contributed by atoms with Crippen molar-refractivity contribution in [3.05, 3.63) is 29.8 Å². The quantitative estimate of drug-likeness (QED) is 0.629. The van der Waals surface area contributed by atoms with Crippen LogP contribution in [0.2, 0.25) is 0 Å². The smallest absolute Gasteiger partial charge is 0.353 e. The van der Waals surface area contributed by atoms with E-state index in [1.54, 1.807) is 11.8 Å². The summed E-state index contributed by atoms with van der Waals surface area (Å²) in [6.45, 7) is 1.74. The monoisotopic (exact) mass is 438 g/mol. The molecule has 0 radical (unpaired) electrons. The summed E-state index contributed by atoms with van der Waals surface area (Å²) in [5, 5.41) is 3.29. The van der Waals surface area contributed by atoms with Crippen LogP contribution in [0.25, 0.3) is 0 Å². The van der Waals surface area contributed by atoms with E-state index >= 15 is 0 Å². The van der Waals surface area contributed by atoms with Crippen LogP contribution in [-0.2, 0) is 21.0 Å². The van der Waals surface area contributed by atoms with Gasteiger partial charge >= 0.3 is 6.18 Å². The molecule has 1 N–H and O–H groups in total. The van der Waals surface area contributed by atoms with Crippen LogP contribution in [0, 0.1) is 0 Å². The van der Waals surface area contributed by atoms with Crippen LogP contribution in [0.4, 0.5) is 18.9 Å². The number of hydrogen-bond donors (Lipinski definition) is 1. The fraction of sp³-hybridized carbons (Fsp3) is 0.611. The van der Waals surface area contributed by atoms with Gasteiger partial charge in [0.05, 0.1) is 17.5 Å². The van der Waals surface area contributed by atoms with Gasteiger partial charge in [0.1, 0.15) is 6.04 Å². The molecule has 28 heavy (non-hydrogen) atoms. The van der Waals surface area contributed by atoms with Gasteiger partial charge in [-0.05, 0) is 38.0 Å². The highest BCUT2D eigenvalue weighted by Crippen LogP contribution is 2.33. The Kier molecular flexibility index (Phi) is 7.66. The van der Waals surface area contributed by atoms with Crippen LogP contribution >= 0.6 is 11.8 Å². The summed E-state index contributed by atoms with van der Waals surface area (Å²) in [5.74, 6) is 0.167. The summed E-state index contributed by atoms with van der Waals surface area (Å²) in [7, 11) is -3.97. The van der Waals surface area contributed by atoms with Gasteiger partial charge in [-0.3, -0.25) is 9.10 Å². The highest BCUT2D eigenvalue weighted by molar-refractivity contribution is 7.99. The first-order valence-electron chi connectivity index (χ1n) is 9.06. The second kappa shape index (κ2) is 9.39. The average Bonchev–Trinajstić information content (AvgIpc) is 3.10. The molecule has 1 aliphatic carbocycles. The summed E-state index contributed by atoms with van der Waals surface area (Å²) in [6, 6.07) is 2.79. The first-order chi connectivity index (χ1) is 13.0. The highest BCUT2D eigenvalue weighted by Gasteiger charge is 2.34. The molecule has 2 rings (SSSR count). The zero-order valence-corrected chi connectivity index (χ0v) is 17.5. The van der Waals surface area contributed by atoms with Crippen molar-refractivity contribution in [3.63, 3.8) is 0 Å². The molecule has 0 spiro atoms. The Balaban J connectivity index is 2.06. The third-order valence-corrected chi connectivity index (χ3v) is 7.20. The van der Waals surface area contributed by atoms with Crippen molar-refractivity contribution in [1.29, 1.82) is 0 Å². The van der Waals surface area contributed by atoms with E-state index in [4.69, 9.17) is 0 Å². The minimum atomic E-state index is -4.61. The fourth-order valence-electron chi connectivity index (χ4n) is 3.23. The zero-order valence-electron chi connectivity index (χ0n) is 15.8. The van der Waals surface area contributed by atoms with Crippen molar-refractivity contribution in [2.45, 2.75) is 50.1 Å². The number of sulfonamides is 1. The summed E-state index contributed by atoms with van der Waals surface area (Å²) in [6.07, 6.45) is 1.05. The molecule has 1 saturated carbocycles. The molecule has 1 amide bonds. The summed E-state index contributed by atoms with van der Waals surface area (Å²) < 4.78 is 64.0. The Hall–Kier alpha value is -1.42. The number of carbonyl (C=O) groups is 1. The van der Waals surface area contributed by atoms with Crippen molar-refractivity contribution in [1.82, 2.24) is 5.32 Å². The third kappa shape index (κ3) is 6.30. The summed E-state index contributed by atoms with van der Waals surface area (Å²) >= 11 is 1.78. The van der Waals surface area contributed by atoms with Gasteiger partial charge in [-0.1, -0.05) is 18.9 Å². The molecule has 1 aliphatic rings. The molecular formula is C18H25F3N2O3S2. The molecule has 1 atom stereocenters. The fourth-order valence-corrected chi connectivity index (χ4v) is 5.62. The molecule has 0 aliphatic heterocycles. The molecule has 1 aromatic rings. The van der Waals surface area contributed by atoms with Gasteiger partial charge in [0.2, 0.25) is 15.9 Å². The number of carbonyl (C=O) groups excluding carboxylic acids is 1. The van der Waals surface area contributed by atoms with Gasteiger partial charge in [-0.15, -0.1) is 0 Å². The third-order valence-electron chi connectivity index (χ3n) is 4.57. The summed E-state index contributed by atoms with van der Waals surface area (Å²) in [4.78, 5) is 12.4. The first-order valence-corrected chi connectivity index (χ1v) is 12.0. The van der Waals surface area contributed by atoms with Gasteiger partial charge in [0.25, 0.3) is 0 Å². The van der Waals surface area contributed by atoms with Crippen molar-refractivity contribution in [3.8, 4) is 0 Å². The number of thioether (sulfide) groups is 1. The molecule has 0 aromatic heterocycles. The van der Waals surface area contributed by atoms with Gasteiger partial charge in [0, 0.05) is 17.5 Å². The Morgan fingerprint density at radius 1 is 1.32 bits per heavy atom. The number of rotatable bonds is 8. The van der Waals surface area contributed by atoms with E-state index in [1.807, 2.05) is 0 Å². The number of anilines is 1. The Bertz CT molecular complexity index is 779. The van der Waals surface area contributed by atoms with E-state index in [0.29, 0.717) is 17.5 Å². The Morgan fingerprint density at radius 2 is 1.96 bits per heavy atom. The number of alkyl halides is 3. The van der Waals surface area contributed by atoms with Crippen LogP contribution in [-0.4, -0.2) is 44.2 Å². The highest BCUT2D eigenvalue weighted by atomic mass is 32.2. The van der Waals surface area contributed by atoms with Crippen LogP contribution in [0.3, 0.4) is 0 Å². The Labute approximate surface area is 168 Å². The number of nitrogens with zero attached hydrogens (tertiary/aromatic N) is 1. The van der Waals surface area contributed by atoms with Crippen molar-refractivity contribution in [2.75, 3.05) is 22.9 Å². The minimum Gasteiger partial charge on any atom is -0.353 e. The van der Waals surface area contributed by atoms with Gasteiger partial charge < -0.3 is 5.32 Å². The molecule has 5 nitrogen and oxygen atoms in total. The lowest BCUT2D eigenvalue weighted by molar-refractivity contribution is -0.137. The molecule has 0 heterocycles. The molecule has 158 valence electrons. The minimum absolute atomic E-state index is 0.194. The number of amides is 1. The topological polar surface area (TPSA) is 66.5 Å². The number of halogens is 3. The van der Waals surface area contributed by atoms with E-state index in [1.165, 1.54) is 38.7 Å². The van der Waals surface area contributed by atoms with Gasteiger partial charge in [0.15, 0.2) is 0 Å².